The van der Waals surface area contributed by atoms with Crippen molar-refractivity contribution in [2.45, 2.75) is 25.8 Å². The number of piperidine rings is 1. The Hall–Kier alpha value is -2.72. The maximum Gasteiger partial charge on any atom is 0.152 e. The first kappa shape index (κ1) is 16.7. The molecule has 0 aliphatic carbocycles. The topological polar surface area (TPSA) is 46.9 Å². The van der Waals surface area contributed by atoms with Crippen molar-refractivity contribution in [2.24, 2.45) is 0 Å². The molecule has 26 heavy (non-hydrogen) atoms. The molecule has 0 spiro atoms. The summed E-state index contributed by atoms with van der Waals surface area (Å²) in [5, 5.41) is 3.51. The minimum atomic E-state index is 0.0518. The molecule has 132 valence electrons. The van der Waals surface area contributed by atoms with Crippen LogP contribution >= 0.6 is 0 Å². The van der Waals surface area contributed by atoms with Gasteiger partial charge in [-0.1, -0.05) is 36.4 Å². The van der Waals surface area contributed by atoms with Crippen molar-refractivity contribution in [1.29, 1.82) is 0 Å². The van der Waals surface area contributed by atoms with Crippen LogP contribution < -0.4 is 5.32 Å². The first-order chi connectivity index (χ1) is 12.7. The molecular weight excluding hydrogens is 322 g/mol. The Bertz CT molecular complexity index is 964. The summed E-state index contributed by atoms with van der Waals surface area (Å²) in [7, 11) is 0. The van der Waals surface area contributed by atoms with Crippen LogP contribution in [0.5, 0.6) is 0 Å². The van der Waals surface area contributed by atoms with Crippen LogP contribution in [0.25, 0.3) is 28.5 Å². The number of ketones is 1. The number of hydrogen-bond acceptors (Lipinski definition) is 3. The van der Waals surface area contributed by atoms with Crippen molar-refractivity contribution in [3.05, 3.63) is 60.2 Å². The number of imidazole rings is 1. The Morgan fingerprint density at radius 1 is 1.23 bits per heavy atom. The van der Waals surface area contributed by atoms with Crippen molar-refractivity contribution >= 4 is 22.9 Å². The minimum absolute atomic E-state index is 0.0518. The highest BCUT2D eigenvalue weighted by molar-refractivity contribution is 5.91. The van der Waals surface area contributed by atoms with Gasteiger partial charge in [-0.3, -0.25) is 4.79 Å². The number of benzene rings is 2. The van der Waals surface area contributed by atoms with Gasteiger partial charge in [0.1, 0.15) is 5.82 Å². The number of fused-ring (bicyclic) bond motifs is 1. The zero-order valence-corrected chi connectivity index (χ0v) is 15.0. The third kappa shape index (κ3) is 3.33. The van der Waals surface area contributed by atoms with Gasteiger partial charge in [-0.2, -0.15) is 0 Å². The molecule has 1 aliphatic heterocycles. The van der Waals surface area contributed by atoms with Crippen molar-refractivity contribution < 1.29 is 4.79 Å². The van der Waals surface area contributed by atoms with Crippen LogP contribution in [-0.2, 0) is 4.79 Å². The molecule has 1 aromatic heterocycles. The minimum Gasteiger partial charge on any atom is -0.320 e. The number of para-hydroxylation sites is 2. The second-order valence-electron chi connectivity index (χ2n) is 6.86. The van der Waals surface area contributed by atoms with Gasteiger partial charge >= 0.3 is 0 Å². The number of nitrogens with one attached hydrogen (secondary N) is 1. The van der Waals surface area contributed by atoms with E-state index in [0.717, 1.165) is 42.0 Å². The van der Waals surface area contributed by atoms with E-state index in [2.05, 4.69) is 40.2 Å². The lowest BCUT2D eigenvalue weighted by Crippen LogP contribution is -2.31. The van der Waals surface area contributed by atoms with Crippen LogP contribution in [0.2, 0.25) is 0 Å². The van der Waals surface area contributed by atoms with Gasteiger partial charge in [0.15, 0.2) is 5.78 Å². The predicted molar refractivity (Wildman–Crippen MR) is 106 cm³/mol. The van der Waals surface area contributed by atoms with Crippen molar-refractivity contribution in [3.8, 4) is 11.4 Å². The fraction of sp³-hybridized carbons (Fsp3) is 0.273. The van der Waals surface area contributed by atoms with Gasteiger partial charge in [0, 0.05) is 18.2 Å². The molecular formula is C22H23N3O. The molecule has 2 heterocycles. The number of aromatic nitrogens is 2. The summed E-state index contributed by atoms with van der Waals surface area (Å²) in [6, 6.07) is 17.0. The Balaban J connectivity index is 1.83. The number of carbonyl (C=O) groups excluding carboxylic acids is 1. The van der Waals surface area contributed by atoms with E-state index in [-0.39, 0.29) is 5.78 Å². The highest BCUT2D eigenvalue weighted by atomic mass is 16.1. The third-order valence-electron chi connectivity index (χ3n) is 4.89. The molecule has 1 N–H and O–H groups in total. The normalized spacial score (nSPS) is 17.8. The van der Waals surface area contributed by atoms with Gasteiger partial charge < -0.3 is 9.88 Å². The first-order valence-corrected chi connectivity index (χ1v) is 9.19. The van der Waals surface area contributed by atoms with Crippen LogP contribution in [0, 0.1) is 0 Å². The summed E-state index contributed by atoms with van der Waals surface area (Å²) in [5.74, 6) is 1.05. The average molecular weight is 345 g/mol. The lowest BCUT2D eigenvalue weighted by Gasteiger charge is -2.26. The Morgan fingerprint density at radius 3 is 2.92 bits per heavy atom. The molecule has 0 unspecified atom stereocenters. The maximum atomic E-state index is 11.2. The monoisotopic (exact) mass is 345 g/mol. The standard InChI is InChI=1S/C22H23N3O/c1-16(26)11-12-17-6-4-7-18(14-17)22-24-20-9-2-3-10-21(20)25(22)19-8-5-13-23-15-19/h2-4,6-7,9-12,14,19,23H,5,8,13,15H2,1H3/b12-11+/t19-/m0/s1. The fourth-order valence-corrected chi connectivity index (χ4v) is 3.67. The molecule has 0 bridgehead atoms. The van der Waals surface area contributed by atoms with E-state index in [4.69, 9.17) is 4.98 Å². The molecule has 1 aliphatic rings. The quantitative estimate of drug-likeness (QED) is 0.720. The number of carbonyl (C=O) groups is 1. The van der Waals surface area contributed by atoms with Gasteiger partial charge in [-0.15, -0.1) is 0 Å². The second-order valence-corrected chi connectivity index (χ2v) is 6.86. The van der Waals surface area contributed by atoms with Gasteiger partial charge in [0.25, 0.3) is 0 Å². The number of rotatable bonds is 4. The van der Waals surface area contributed by atoms with Gasteiger partial charge in [-0.05, 0) is 56.1 Å². The van der Waals surface area contributed by atoms with E-state index >= 15 is 0 Å². The Labute approximate surface area is 153 Å². The van der Waals surface area contributed by atoms with E-state index < -0.39 is 0 Å². The zero-order chi connectivity index (χ0) is 17.9. The van der Waals surface area contributed by atoms with E-state index in [1.807, 2.05) is 24.3 Å². The van der Waals surface area contributed by atoms with Crippen LogP contribution in [0.15, 0.2) is 54.6 Å². The third-order valence-corrected chi connectivity index (χ3v) is 4.89. The highest BCUT2D eigenvalue weighted by Crippen LogP contribution is 2.31. The van der Waals surface area contributed by atoms with Crippen LogP contribution in [0.1, 0.15) is 31.4 Å². The van der Waals surface area contributed by atoms with E-state index in [1.165, 1.54) is 11.9 Å². The Morgan fingerprint density at radius 2 is 2.12 bits per heavy atom. The molecule has 1 saturated heterocycles. The van der Waals surface area contributed by atoms with E-state index in [1.54, 1.807) is 13.0 Å². The summed E-state index contributed by atoms with van der Waals surface area (Å²) in [6.07, 6.45) is 5.80. The van der Waals surface area contributed by atoms with Crippen molar-refractivity contribution in [3.63, 3.8) is 0 Å². The highest BCUT2D eigenvalue weighted by Gasteiger charge is 2.21. The lowest BCUT2D eigenvalue weighted by molar-refractivity contribution is -0.112. The smallest absolute Gasteiger partial charge is 0.152 e. The van der Waals surface area contributed by atoms with E-state index in [9.17, 15) is 4.79 Å². The molecule has 0 amide bonds. The lowest BCUT2D eigenvalue weighted by atomic mass is 10.1. The summed E-state index contributed by atoms with van der Waals surface area (Å²) in [6.45, 7) is 3.62. The van der Waals surface area contributed by atoms with E-state index in [0.29, 0.717) is 6.04 Å². The molecule has 1 fully saturated rings. The molecule has 2 aromatic carbocycles. The van der Waals surface area contributed by atoms with Gasteiger partial charge in [-0.25, -0.2) is 4.98 Å². The summed E-state index contributed by atoms with van der Waals surface area (Å²) >= 11 is 0. The van der Waals surface area contributed by atoms with Gasteiger partial charge in [0.2, 0.25) is 0 Å². The summed E-state index contributed by atoms with van der Waals surface area (Å²) in [5.41, 5.74) is 4.30. The van der Waals surface area contributed by atoms with Crippen molar-refractivity contribution in [2.75, 3.05) is 13.1 Å². The number of hydrogen-bond donors (Lipinski definition) is 1. The van der Waals surface area contributed by atoms with Gasteiger partial charge in [0.05, 0.1) is 11.0 Å². The molecule has 0 radical (unpaired) electrons. The summed E-state index contributed by atoms with van der Waals surface area (Å²) in [4.78, 5) is 16.2. The Kier molecular flexibility index (Phi) is 4.67. The molecule has 3 aromatic rings. The second kappa shape index (κ2) is 7.26. The fourth-order valence-electron chi connectivity index (χ4n) is 3.67. The predicted octanol–water partition coefficient (Wildman–Crippen LogP) is 4.23. The first-order valence-electron chi connectivity index (χ1n) is 9.19. The molecule has 1 atom stereocenters. The van der Waals surface area contributed by atoms with Crippen LogP contribution in [0.3, 0.4) is 0 Å². The largest absolute Gasteiger partial charge is 0.320 e. The zero-order valence-electron chi connectivity index (χ0n) is 15.0. The average Bonchev–Trinajstić information content (AvgIpc) is 3.07. The maximum absolute atomic E-state index is 11.2. The SMILES string of the molecule is CC(=O)/C=C/c1cccc(-c2nc3ccccc3n2[C@H]2CCCNC2)c1. The molecule has 4 heteroatoms. The summed E-state index contributed by atoms with van der Waals surface area (Å²) < 4.78 is 2.38. The molecule has 4 nitrogen and oxygen atoms in total. The number of nitrogens with zero attached hydrogens (tertiary/aromatic N) is 2. The van der Waals surface area contributed by atoms with Crippen LogP contribution in [0.4, 0.5) is 0 Å². The number of allylic oxidation sites excluding steroid dienone is 1. The molecule has 0 saturated carbocycles. The van der Waals surface area contributed by atoms with Crippen molar-refractivity contribution in [1.82, 2.24) is 14.9 Å². The molecule has 4 rings (SSSR count). The van der Waals surface area contributed by atoms with Crippen LogP contribution in [-0.4, -0.2) is 28.4 Å².